The molecule has 1 heterocycles. The number of hydrogen-bond acceptors (Lipinski definition) is 4. The lowest BCUT2D eigenvalue weighted by molar-refractivity contribution is -0.121. The van der Waals surface area contributed by atoms with Crippen LogP contribution >= 0.6 is 0 Å². The summed E-state index contributed by atoms with van der Waals surface area (Å²) in [6.07, 6.45) is 0.782. The summed E-state index contributed by atoms with van der Waals surface area (Å²) in [7, 11) is 1.61. The highest BCUT2D eigenvalue weighted by atomic mass is 16.5. The first-order valence-corrected chi connectivity index (χ1v) is 7.02. The molecule has 20 heavy (non-hydrogen) atoms. The number of ether oxygens (including phenoxy) is 1. The topological polar surface area (TPSA) is 53.0 Å². The molecule has 1 unspecified atom stereocenters. The number of para-hydroxylation sites is 2. The smallest absolute Gasteiger partial charge is 0.244 e. The van der Waals surface area contributed by atoms with Crippen molar-refractivity contribution in [3.05, 3.63) is 24.3 Å². The minimum Gasteiger partial charge on any atom is -0.495 e. The minimum atomic E-state index is -0.142. The molecule has 0 spiro atoms. The van der Waals surface area contributed by atoms with Gasteiger partial charge in [-0.3, -0.25) is 9.69 Å². The van der Waals surface area contributed by atoms with Gasteiger partial charge in [-0.2, -0.15) is 0 Å². The van der Waals surface area contributed by atoms with E-state index in [1.165, 1.54) is 0 Å². The largest absolute Gasteiger partial charge is 0.495 e. The van der Waals surface area contributed by atoms with E-state index in [-0.39, 0.29) is 18.6 Å². The third-order valence-corrected chi connectivity index (χ3v) is 3.79. The molecule has 0 bridgehead atoms. The number of benzene rings is 1. The predicted molar refractivity (Wildman–Crippen MR) is 78.1 cm³/mol. The summed E-state index contributed by atoms with van der Waals surface area (Å²) >= 11 is 0. The molecule has 0 aliphatic carbocycles. The van der Waals surface area contributed by atoms with Crippen LogP contribution < -0.4 is 9.64 Å². The second kappa shape index (κ2) is 6.72. The zero-order chi connectivity index (χ0) is 14.5. The summed E-state index contributed by atoms with van der Waals surface area (Å²) in [5, 5.41) is 9.09. The lowest BCUT2D eigenvalue weighted by Gasteiger charge is -2.26. The van der Waals surface area contributed by atoms with E-state index in [4.69, 9.17) is 9.84 Å². The summed E-state index contributed by atoms with van der Waals surface area (Å²) in [5.74, 6) is 0.802. The molecule has 1 aromatic rings. The van der Waals surface area contributed by atoms with E-state index >= 15 is 0 Å². The normalized spacial score (nSPS) is 18.9. The van der Waals surface area contributed by atoms with Gasteiger partial charge in [-0.1, -0.05) is 19.1 Å². The quantitative estimate of drug-likeness (QED) is 0.847. The summed E-state index contributed by atoms with van der Waals surface area (Å²) in [5.41, 5.74) is 0.822. The van der Waals surface area contributed by atoms with Gasteiger partial charge in [0, 0.05) is 13.1 Å². The van der Waals surface area contributed by atoms with Crippen LogP contribution in [0.1, 0.15) is 13.3 Å². The van der Waals surface area contributed by atoms with Gasteiger partial charge in [-0.05, 0) is 25.1 Å². The fraction of sp³-hybridized carbons (Fsp3) is 0.533. The van der Waals surface area contributed by atoms with Crippen LogP contribution in [-0.4, -0.2) is 55.3 Å². The molecule has 0 saturated carbocycles. The Morgan fingerprint density at radius 2 is 2.20 bits per heavy atom. The monoisotopic (exact) mass is 278 g/mol. The maximum atomic E-state index is 12.6. The van der Waals surface area contributed by atoms with Crippen LogP contribution in [-0.2, 0) is 4.79 Å². The predicted octanol–water partition coefficient (Wildman–Crippen LogP) is 1.11. The number of amides is 1. The Morgan fingerprint density at radius 3 is 2.85 bits per heavy atom. The number of rotatable bonds is 6. The molecular formula is C15H22N2O3. The van der Waals surface area contributed by atoms with Crippen molar-refractivity contribution >= 4 is 11.6 Å². The van der Waals surface area contributed by atoms with E-state index in [2.05, 4.69) is 0 Å². The molecular weight excluding hydrogens is 256 g/mol. The van der Waals surface area contributed by atoms with Gasteiger partial charge in [-0.25, -0.2) is 0 Å². The standard InChI is InChI=1S/C15H22N2O3/c1-3-16(10-11-18)13-8-9-17(15(13)19)12-6-4-5-7-14(12)20-2/h4-7,13,18H,3,8-11H2,1-2H3. The average Bonchev–Trinajstić information content (AvgIpc) is 2.86. The molecule has 5 nitrogen and oxygen atoms in total. The highest BCUT2D eigenvalue weighted by molar-refractivity contribution is 6.00. The van der Waals surface area contributed by atoms with Gasteiger partial charge >= 0.3 is 0 Å². The fourth-order valence-electron chi connectivity index (χ4n) is 2.76. The van der Waals surface area contributed by atoms with E-state index in [1.807, 2.05) is 36.1 Å². The van der Waals surface area contributed by atoms with Crippen molar-refractivity contribution in [3.63, 3.8) is 0 Å². The van der Waals surface area contributed by atoms with Crippen molar-refractivity contribution < 1.29 is 14.6 Å². The van der Waals surface area contributed by atoms with Crippen molar-refractivity contribution in [2.75, 3.05) is 38.3 Å². The van der Waals surface area contributed by atoms with Crippen molar-refractivity contribution in [1.82, 2.24) is 4.90 Å². The first-order valence-electron chi connectivity index (χ1n) is 7.02. The number of carbonyl (C=O) groups is 1. The molecule has 110 valence electrons. The van der Waals surface area contributed by atoms with Crippen molar-refractivity contribution in [1.29, 1.82) is 0 Å². The molecule has 0 aromatic heterocycles. The molecule has 0 radical (unpaired) electrons. The van der Waals surface area contributed by atoms with Gasteiger partial charge in [0.15, 0.2) is 0 Å². The molecule has 2 rings (SSSR count). The Bertz CT molecular complexity index is 464. The molecule has 1 atom stereocenters. The Balaban J connectivity index is 2.18. The third-order valence-electron chi connectivity index (χ3n) is 3.79. The number of likely N-dealkylation sites (N-methyl/N-ethyl adjacent to an activating group) is 1. The first kappa shape index (κ1) is 14.8. The minimum absolute atomic E-state index is 0.0757. The molecule has 1 amide bonds. The Labute approximate surface area is 119 Å². The lowest BCUT2D eigenvalue weighted by Crippen LogP contribution is -2.43. The number of methoxy groups -OCH3 is 1. The molecule has 1 N–H and O–H groups in total. The lowest BCUT2D eigenvalue weighted by atomic mass is 10.2. The molecule has 1 aromatic carbocycles. The summed E-state index contributed by atoms with van der Waals surface area (Å²) in [6, 6.07) is 7.42. The Kier molecular flexibility index (Phi) is 4.98. The van der Waals surface area contributed by atoms with Gasteiger partial charge in [0.25, 0.3) is 0 Å². The molecule has 5 heteroatoms. The van der Waals surface area contributed by atoms with E-state index in [0.29, 0.717) is 18.8 Å². The van der Waals surface area contributed by atoms with E-state index < -0.39 is 0 Å². The number of nitrogens with zero attached hydrogens (tertiary/aromatic N) is 2. The van der Waals surface area contributed by atoms with Crippen LogP contribution in [0.4, 0.5) is 5.69 Å². The second-order valence-corrected chi connectivity index (χ2v) is 4.82. The number of anilines is 1. The summed E-state index contributed by atoms with van der Waals surface area (Å²) < 4.78 is 5.33. The van der Waals surface area contributed by atoms with Crippen molar-refractivity contribution in [2.45, 2.75) is 19.4 Å². The zero-order valence-electron chi connectivity index (χ0n) is 12.1. The van der Waals surface area contributed by atoms with Crippen LogP contribution in [0.2, 0.25) is 0 Å². The van der Waals surface area contributed by atoms with Gasteiger partial charge < -0.3 is 14.7 Å². The summed E-state index contributed by atoms with van der Waals surface area (Å²) in [6.45, 7) is 4.07. The van der Waals surface area contributed by atoms with Crippen LogP contribution in [0.5, 0.6) is 5.75 Å². The van der Waals surface area contributed by atoms with E-state index in [0.717, 1.165) is 18.7 Å². The maximum Gasteiger partial charge on any atom is 0.244 e. The summed E-state index contributed by atoms with van der Waals surface area (Å²) in [4.78, 5) is 16.4. The molecule has 1 fully saturated rings. The highest BCUT2D eigenvalue weighted by Gasteiger charge is 2.36. The SMILES string of the molecule is CCN(CCO)C1CCN(c2ccccc2OC)C1=O. The number of carbonyl (C=O) groups excluding carboxylic acids is 1. The van der Waals surface area contributed by atoms with Gasteiger partial charge in [-0.15, -0.1) is 0 Å². The highest BCUT2D eigenvalue weighted by Crippen LogP contribution is 2.32. The molecule has 1 aliphatic rings. The van der Waals surface area contributed by atoms with Gasteiger partial charge in [0.05, 0.1) is 25.4 Å². The first-order chi connectivity index (χ1) is 9.72. The van der Waals surface area contributed by atoms with Gasteiger partial charge in [0.1, 0.15) is 5.75 Å². The van der Waals surface area contributed by atoms with Gasteiger partial charge in [0.2, 0.25) is 5.91 Å². The van der Waals surface area contributed by atoms with Crippen LogP contribution in [0.3, 0.4) is 0 Å². The molecule has 1 saturated heterocycles. The third kappa shape index (κ3) is 2.78. The Hall–Kier alpha value is -1.59. The number of aliphatic hydroxyl groups is 1. The van der Waals surface area contributed by atoms with Crippen molar-refractivity contribution in [3.8, 4) is 5.75 Å². The van der Waals surface area contributed by atoms with Crippen LogP contribution in [0.25, 0.3) is 0 Å². The van der Waals surface area contributed by atoms with E-state index in [9.17, 15) is 4.79 Å². The fourth-order valence-corrected chi connectivity index (χ4v) is 2.76. The molecule has 1 aliphatic heterocycles. The van der Waals surface area contributed by atoms with E-state index in [1.54, 1.807) is 12.0 Å². The zero-order valence-corrected chi connectivity index (χ0v) is 12.1. The second-order valence-electron chi connectivity index (χ2n) is 4.82. The average molecular weight is 278 g/mol. The van der Waals surface area contributed by atoms with Crippen LogP contribution in [0.15, 0.2) is 24.3 Å². The number of hydrogen-bond donors (Lipinski definition) is 1. The van der Waals surface area contributed by atoms with Crippen LogP contribution in [0, 0.1) is 0 Å². The maximum absolute atomic E-state index is 12.6. The van der Waals surface area contributed by atoms with Crippen molar-refractivity contribution in [2.24, 2.45) is 0 Å². The Morgan fingerprint density at radius 1 is 1.45 bits per heavy atom. The number of aliphatic hydroxyl groups excluding tert-OH is 1.